The molecule has 0 saturated carbocycles. The summed E-state index contributed by atoms with van der Waals surface area (Å²) in [5.41, 5.74) is 0. The molecule has 0 fully saturated rings. The molecule has 0 aromatic heterocycles. The van der Waals surface area contributed by atoms with Crippen LogP contribution in [-0.2, 0) is 28.6 Å². The third-order valence-electron chi connectivity index (χ3n) is 11.8. The fourth-order valence-corrected chi connectivity index (χ4v) is 7.79. The third kappa shape index (κ3) is 47.1. The van der Waals surface area contributed by atoms with Crippen LogP contribution in [0, 0.1) is 0 Å². The molecule has 0 rings (SSSR count). The van der Waals surface area contributed by atoms with Crippen LogP contribution in [0.1, 0.15) is 290 Å². The first kappa shape index (κ1) is 57.1. The van der Waals surface area contributed by atoms with Crippen LogP contribution in [0.4, 0.5) is 0 Å². The lowest BCUT2D eigenvalue weighted by Crippen LogP contribution is -2.30. The summed E-state index contributed by atoms with van der Waals surface area (Å²) in [6.07, 6.45) is 53.3. The van der Waals surface area contributed by atoms with E-state index in [1.807, 2.05) is 0 Å². The minimum absolute atomic E-state index is 0.0680. The number of rotatable bonds is 48. The molecule has 0 N–H and O–H groups in total. The Morgan fingerprint density at radius 3 is 0.864 bits per heavy atom. The van der Waals surface area contributed by atoms with E-state index < -0.39 is 6.10 Å². The SMILES string of the molecule is CCCCCC/C=C\CCCCCCCC(=O)O[C@H](COC(=O)CCCCCCCCCCCCCCC)COC(=O)CCCCCCCCCCCCCCCCC. The lowest BCUT2D eigenvalue weighted by Gasteiger charge is -2.18. The van der Waals surface area contributed by atoms with E-state index in [2.05, 4.69) is 32.9 Å². The summed E-state index contributed by atoms with van der Waals surface area (Å²) >= 11 is 0. The molecule has 0 unspecified atom stereocenters. The summed E-state index contributed by atoms with van der Waals surface area (Å²) in [5.74, 6) is -0.859. The van der Waals surface area contributed by atoms with Crippen molar-refractivity contribution in [2.75, 3.05) is 13.2 Å². The number of hydrogen-bond donors (Lipinski definition) is 0. The number of carbonyl (C=O) groups excluding carboxylic acids is 3. The lowest BCUT2D eigenvalue weighted by molar-refractivity contribution is -0.167. The molecule has 0 radical (unpaired) electrons. The second-order valence-electron chi connectivity index (χ2n) is 17.8. The maximum absolute atomic E-state index is 12.8. The van der Waals surface area contributed by atoms with E-state index in [0.29, 0.717) is 19.3 Å². The minimum Gasteiger partial charge on any atom is -0.462 e. The van der Waals surface area contributed by atoms with Crippen LogP contribution < -0.4 is 0 Å². The van der Waals surface area contributed by atoms with E-state index in [4.69, 9.17) is 14.2 Å². The Balaban J connectivity index is 4.33. The first-order valence-electron chi connectivity index (χ1n) is 26.2. The van der Waals surface area contributed by atoms with Crippen molar-refractivity contribution in [2.24, 2.45) is 0 Å². The van der Waals surface area contributed by atoms with E-state index in [0.717, 1.165) is 64.2 Å². The maximum Gasteiger partial charge on any atom is 0.306 e. The molecule has 0 aliphatic heterocycles. The van der Waals surface area contributed by atoms with Crippen molar-refractivity contribution < 1.29 is 28.6 Å². The van der Waals surface area contributed by atoms with Crippen molar-refractivity contribution in [2.45, 2.75) is 297 Å². The summed E-state index contributed by atoms with van der Waals surface area (Å²) in [6, 6.07) is 0. The highest BCUT2D eigenvalue weighted by Gasteiger charge is 2.19. The molecule has 59 heavy (non-hydrogen) atoms. The monoisotopic (exact) mass is 833 g/mol. The van der Waals surface area contributed by atoms with Gasteiger partial charge in [-0.15, -0.1) is 0 Å². The van der Waals surface area contributed by atoms with Gasteiger partial charge in [0.1, 0.15) is 13.2 Å². The van der Waals surface area contributed by atoms with E-state index in [1.54, 1.807) is 0 Å². The van der Waals surface area contributed by atoms with Crippen LogP contribution in [0.5, 0.6) is 0 Å². The number of unbranched alkanes of at least 4 members (excludes halogenated alkanes) is 35. The number of ether oxygens (including phenoxy) is 3. The Kier molecular flexibility index (Phi) is 47.3. The maximum atomic E-state index is 12.8. The molecule has 0 aliphatic rings. The van der Waals surface area contributed by atoms with Crippen molar-refractivity contribution in [1.29, 1.82) is 0 Å². The second-order valence-corrected chi connectivity index (χ2v) is 17.8. The normalized spacial score (nSPS) is 12.0. The van der Waals surface area contributed by atoms with Crippen molar-refractivity contribution >= 4 is 17.9 Å². The second kappa shape index (κ2) is 48.8. The largest absolute Gasteiger partial charge is 0.462 e. The highest BCUT2D eigenvalue weighted by atomic mass is 16.6. The van der Waals surface area contributed by atoms with Gasteiger partial charge in [-0.1, -0.05) is 238 Å². The summed E-state index contributed by atoms with van der Waals surface area (Å²) in [7, 11) is 0. The zero-order valence-corrected chi connectivity index (χ0v) is 39.8. The molecule has 0 amide bonds. The van der Waals surface area contributed by atoms with Crippen molar-refractivity contribution in [1.82, 2.24) is 0 Å². The molecule has 1 atom stereocenters. The molecule has 6 heteroatoms. The van der Waals surface area contributed by atoms with Gasteiger partial charge in [-0.2, -0.15) is 0 Å². The van der Waals surface area contributed by atoms with E-state index in [9.17, 15) is 14.4 Å². The van der Waals surface area contributed by atoms with Gasteiger partial charge in [0.25, 0.3) is 0 Å². The van der Waals surface area contributed by atoms with Gasteiger partial charge in [0.15, 0.2) is 6.10 Å². The predicted molar refractivity (Wildman–Crippen MR) is 252 cm³/mol. The number of carbonyl (C=O) groups is 3. The molecule has 6 nitrogen and oxygen atoms in total. The topological polar surface area (TPSA) is 78.9 Å². The Hall–Kier alpha value is -1.85. The summed E-state index contributed by atoms with van der Waals surface area (Å²) in [5, 5.41) is 0. The van der Waals surface area contributed by atoms with Gasteiger partial charge in [-0.25, -0.2) is 0 Å². The highest BCUT2D eigenvalue weighted by molar-refractivity contribution is 5.71. The van der Waals surface area contributed by atoms with Gasteiger partial charge in [0.05, 0.1) is 0 Å². The first-order chi connectivity index (χ1) is 29.0. The lowest BCUT2D eigenvalue weighted by atomic mass is 10.0. The van der Waals surface area contributed by atoms with E-state index in [-0.39, 0.29) is 31.1 Å². The molecule has 0 aromatic carbocycles. The van der Waals surface area contributed by atoms with Crippen LogP contribution in [0.3, 0.4) is 0 Å². The zero-order chi connectivity index (χ0) is 43.0. The number of allylic oxidation sites excluding steroid dienone is 2. The van der Waals surface area contributed by atoms with Gasteiger partial charge in [-0.3, -0.25) is 14.4 Å². The Bertz CT molecular complexity index is 916. The van der Waals surface area contributed by atoms with Crippen molar-refractivity contribution in [3.63, 3.8) is 0 Å². The highest BCUT2D eigenvalue weighted by Crippen LogP contribution is 2.16. The molecule has 0 spiro atoms. The summed E-state index contributed by atoms with van der Waals surface area (Å²) < 4.78 is 16.8. The smallest absolute Gasteiger partial charge is 0.306 e. The van der Waals surface area contributed by atoms with Crippen LogP contribution in [0.2, 0.25) is 0 Å². The molecule has 0 saturated heterocycles. The molecule has 0 bridgehead atoms. The standard InChI is InChI=1S/C53H100O6/c1-4-7-10-13-16-19-22-25-26-29-31-34-37-40-43-46-52(55)58-49-50(59-53(56)47-44-41-38-35-32-28-24-21-18-15-12-9-6-3)48-57-51(54)45-42-39-36-33-30-27-23-20-17-14-11-8-5-2/h21,24,50H,4-20,22-23,25-49H2,1-3H3/b24-21-/t50-/m1/s1. The molecule has 0 aliphatic carbocycles. The van der Waals surface area contributed by atoms with E-state index in [1.165, 1.54) is 186 Å². The summed E-state index contributed by atoms with van der Waals surface area (Å²) in [6.45, 7) is 6.65. The average Bonchev–Trinajstić information content (AvgIpc) is 3.23. The predicted octanol–water partition coefficient (Wildman–Crippen LogP) is 17.0. The van der Waals surface area contributed by atoms with Gasteiger partial charge in [0, 0.05) is 19.3 Å². The zero-order valence-electron chi connectivity index (χ0n) is 39.8. The van der Waals surface area contributed by atoms with Crippen molar-refractivity contribution in [3.05, 3.63) is 12.2 Å². The quantitative estimate of drug-likeness (QED) is 0.0263. The summed E-state index contributed by atoms with van der Waals surface area (Å²) in [4.78, 5) is 37.9. The Labute approximate surface area is 367 Å². The van der Waals surface area contributed by atoms with Gasteiger partial charge in [-0.05, 0) is 44.9 Å². The van der Waals surface area contributed by atoms with Crippen LogP contribution in [0.15, 0.2) is 12.2 Å². The molecular weight excluding hydrogens is 733 g/mol. The number of esters is 3. The van der Waals surface area contributed by atoms with Crippen molar-refractivity contribution in [3.8, 4) is 0 Å². The van der Waals surface area contributed by atoms with Crippen LogP contribution in [-0.4, -0.2) is 37.2 Å². The molecule has 348 valence electrons. The Morgan fingerprint density at radius 1 is 0.322 bits per heavy atom. The molecular formula is C53H100O6. The van der Waals surface area contributed by atoms with Gasteiger partial charge >= 0.3 is 17.9 Å². The third-order valence-corrected chi connectivity index (χ3v) is 11.8. The molecule has 0 heterocycles. The minimum atomic E-state index is -0.767. The average molecular weight is 833 g/mol. The van der Waals surface area contributed by atoms with Gasteiger partial charge < -0.3 is 14.2 Å². The van der Waals surface area contributed by atoms with Gasteiger partial charge in [0.2, 0.25) is 0 Å². The van der Waals surface area contributed by atoms with Crippen LogP contribution >= 0.6 is 0 Å². The van der Waals surface area contributed by atoms with Crippen LogP contribution in [0.25, 0.3) is 0 Å². The Morgan fingerprint density at radius 2 is 0.559 bits per heavy atom. The van der Waals surface area contributed by atoms with E-state index >= 15 is 0 Å². The number of hydrogen-bond acceptors (Lipinski definition) is 6. The fraction of sp³-hybridized carbons (Fsp3) is 0.906. The molecule has 0 aromatic rings. The first-order valence-corrected chi connectivity index (χ1v) is 26.2. The fourth-order valence-electron chi connectivity index (χ4n) is 7.79.